The molecule has 1 aliphatic heterocycles. The Bertz CT molecular complexity index is 451. The van der Waals surface area contributed by atoms with Crippen molar-refractivity contribution in [3.05, 3.63) is 11.8 Å². The van der Waals surface area contributed by atoms with Crippen LogP contribution in [0, 0.1) is 5.92 Å². The lowest BCUT2D eigenvalue weighted by atomic mass is 10.1. The molecule has 1 aliphatic rings. The Kier molecular flexibility index (Phi) is 2.77. The summed E-state index contributed by atoms with van der Waals surface area (Å²) < 4.78 is 7.51. The Labute approximate surface area is 101 Å². The van der Waals surface area contributed by atoms with E-state index < -0.39 is 5.97 Å². The van der Waals surface area contributed by atoms with Crippen LogP contribution in [0.2, 0.25) is 0 Å². The molecule has 0 bridgehead atoms. The topological polar surface area (TPSA) is 54.7 Å². The Morgan fingerprint density at radius 1 is 1.53 bits per heavy atom. The maximum absolute atomic E-state index is 11.1. The van der Waals surface area contributed by atoms with E-state index in [1.54, 1.807) is 17.7 Å². The third-order valence-corrected chi connectivity index (χ3v) is 3.22. The maximum Gasteiger partial charge on any atom is 0.352 e. The number of rotatable bonds is 2. The molecule has 2 rings (SSSR count). The van der Waals surface area contributed by atoms with Gasteiger partial charge in [0.1, 0.15) is 11.8 Å². The fourth-order valence-corrected chi connectivity index (χ4v) is 2.20. The van der Waals surface area contributed by atoms with Crippen LogP contribution in [0.4, 0.5) is 5.82 Å². The monoisotopic (exact) mass is 238 g/mol. The zero-order chi connectivity index (χ0) is 12.7. The van der Waals surface area contributed by atoms with Crippen LogP contribution in [0.3, 0.4) is 0 Å². The molecule has 0 fully saturated rings. The summed E-state index contributed by atoms with van der Waals surface area (Å²) in [6.45, 7) is 4.98. The fraction of sp³-hybridized carbons (Fsp3) is 0.583. The summed E-state index contributed by atoms with van der Waals surface area (Å²) in [6, 6.07) is 1.60. The highest BCUT2D eigenvalue weighted by Gasteiger charge is 2.30. The molecule has 0 spiro atoms. The van der Waals surface area contributed by atoms with E-state index in [0.29, 0.717) is 11.7 Å². The van der Waals surface area contributed by atoms with E-state index in [1.807, 2.05) is 7.05 Å². The minimum Gasteiger partial charge on any atom is -0.484 e. The number of anilines is 1. The molecule has 1 aromatic rings. The van der Waals surface area contributed by atoms with Gasteiger partial charge in [-0.15, -0.1) is 0 Å². The van der Waals surface area contributed by atoms with Crippen LogP contribution in [0.25, 0.3) is 0 Å². The van der Waals surface area contributed by atoms with Crippen molar-refractivity contribution >= 4 is 11.8 Å². The van der Waals surface area contributed by atoms with Crippen molar-refractivity contribution in [2.75, 3.05) is 18.5 Å². The van der Waals surface area contributed by atoms with Gasteiger partial charge in [-0.1, -0.05) is 13.8 Å². The molecule has 0 saturated heterocycles. The highest BCUT2D eigenvalue weighted by atomic mass is 16.5. The number of ether oxygens (including phenoxy) is 1. The van der Waals surface area contributed by atoms with Crippen molar-refractivity contribution in [2.24, 2.45) is 13.0 Å². The number of aromatic carboxylic acids is 1. The second kappa shape index (κ2) is 3.98. The summed E-state index contributed by atoms with van der Waals surface area (Å²) in [4.78, 5) is 13.1. The summed E-state index contributed by atoms with van der Waals surface area (Å²) in [5, 5.41) is 9.08. The van der Waals surface area contributed by atoms with E-state index in [0.717, 1.165) is 12.4 Å². The van der Waals surface area contributed by atoms with Gasteiger partial charge in [0.2, 0.25) is 0 Å². The number of fused-ring (bicyclic) bond motifs is 1. The first-order chi connectivity index (χ1) is 7.91. The summed E-state index contributed by atoms with van der Waals surface area (Å²) in [5.41, 5.74) is 0.256. The second-order valence-corrected chi connectivity index (χ2v) is 4.86. The highest BCUT2D eigenvalue weighted by molar-refractivity contribution is 5.88. The summed E-state index contributed by atoms with van der Waals surface area (Å²) in [6.07, 6.45) is 0.108. The Balaban J connectivity index is 2.42. The van der Waals surface area contributed by atoms with Gasteiger partial charge in [0.15, 0.2) is 11.6 Å². The molecular formula is C12H18N2O3. The fourth-order valence-electron chi connectivity index (χ4n) is 2.20. The molecule has 1 N–H and O–H groups in total. The van der Waals surface area contributed by atoms with Crippen LogP contribution in [-0.2, 0) is 7.05 Å². The molecule has 5 heteroatoms. The molecule has 0 aromatic carbocycles. The van der Waals surface area contributed by atoms with Gasteiger partial charge in [-0.25, -0.2) is 4.79 Å². The van der Waals surface area contributed by atoms with Crippen LogP contribution in [0.15, 0.2) is 6.07 Å². The van der Waals surface area contributed by atoms with E-state index in [-0.39, 0.29) is 11.8 Å². The number of carbonyl (C=O) groups is 1. The minimum absolute atomic E-state index is 0.108. The first kappa shape index (κ1) is 11.8. The zero-order valence-corrected chi connectivity index (χ0v) is 10.6. The molecule has 2 heterocycles. The molecule has 0 amide bonds. The third kappa shape index (κ3) is 1.85. The standard InChI is InChI=1S/C12H18N2O3/c1-7(2)10-6-13(3)11-9(17-10)5-8(12(15)16)14(11)4/h5,7,10H,6H2,1-4H3,(H,15,16). The van der Waals surface area contributed by atoms with E-state index in [9.17, 15) is 4.79 Å². The zero-order valence-electron chi connectivity index (χ0n) is 10.6. The number of nitrogens with zero attached hydrogens (tertiary/aromatic N) is 2. The first-order valence-corrected chi connectivity index (χ1v) is 5.72. The number of hydrogen-bond donors (Lipinski definition) is 1. The van der Waals surface area contributed by atoms with E-state index in [4.69, 9.17) is 9.84 Å². The van der Waals surface area contributed by atoms with Crippen molar-refractivity contribution in [3.8, 4) is 5.75 Å². The number of aromatic nitrogens is 1. The molecule has 94 valence electrons. The van der Waals surface area contributed by atoms with Crippen LogP contribution in [0.5, 0.6) is 5.75 Å². The average molecular weight is 238 g/mol. The highest BCUT2D eigenvalue weighted by Crippen LogP contribution is 2.36. The van der Waals surface area contributed by atoms with Gasteiger partial charge in [0.05, 0.1) is 6.54 Å². The smallest absolute Gasteiger partial charge is 0.352 e. The molecule has 0 aliphatic carbocycles. The lowest BCUT2D eigenvalue weighted by Crippen LogP contribution is -2.41. The first-order valence-electron chi connectivity index (χ1n) is 5.72. The third-order valence-electron chi connectivity index (χ3n) is 3.22. The average Bonchev–Trinajstić information content (AvgIpc) is 2.56. The van der Waals surface area contributed by atoms with E-state index >= 15 is 0 Å². The Hall–Kier alpha value is -1.65. The lowest BCUT2D eigenvalue weighted by Gasteiger charge is -2.34. The van der Waals surface area contributed by atoms with E-state index in [2.05, 4.69) is 18.7 Å². The molecule has 17 heavy (non-hydrogen) atoms. The van der Waals surface area contributed by atoms with Gasteiger partial charge in [-0.3, -0.25) is 0 Å². The van der Waals surface area contributed by atoms with Crippen LogP contribution in [0.1, 0.15) is 24.3 Å². The van der Waals surface area contributed by atoms with Crippen LogP contribution >= 0.6 is 0 Å². The normalized spacial score (nSPS) is 19.1. The number of carboxylic acids is 1. The molecule has 1 atom stereocenters. The van der Waals surface area contributed by atoms with Crippen LogP contribution in [-0.4, -0.2) is 35.3 Å². The van der Waals surface area contributed by atoms with Gasteiger partial charge in [-0.05, 0) is 5.92 Å². The van der Waals surface area contributed by atoms with Gasteiger partial charge >= 0.3 is 5.97 Å². The molecular weight excluding hydrogens is 220 g/mol. The van der Waals surface area contributed by atoms with Gasteiger partial charge in [-0.2, -0.15) is 0 Å². The quantitative estimate of drug-likeness (QED) is 0.849. The summed E-state index contributed by atoms with van der Waals surface area (Å²) >= 11 is 0. The summed E-state index contributed by atoms with van der Waals surface area (Å²) in [5.74, 6) is 0.968. The van der Waals surface area contributed by atoms with Crippen molar-refractivity contribution < 1.29 is 14.6 Å². The number of hydrogen-bond acceptors (Lipinski definition) is 3. The lowest BCUT2D eigenvalue weighted by molar-refractivity contribution is 0.0686. The van der Waals surface area contributed by atoms with Crippen molar-refractivity contribution in [3.63, 3.8) is 0 Å². The Morgan fingerprint density at radius 3 is 2.71 bits per heavy atom. The van der Waals surface area contributed by atoms with E-state index in [1.165, 1.54) is 0 Å². The predicted molar refractivity (Wildman–Crippen MR) is 64.9 cm³/mol. The SMILES string of the molecule is CC(C)C1CN(C)c2c(cc(C(=O)O)n2C)O1. The Morgan fingerprint density at radius 2 is 2.18 bits per heavy atom. The van der Waals surface area contributed by atoms with Crippen molar-refractivity contribution in [1.82, 2.24) is 4.57 Å². The predicted octanol–water partition coefficient (Wildman–Crippen LogP) is 1.58. The minimum atomic E-state index is -0.931. The second-order valence-electron chi connectivity index (χ2n) is 4.86. The summed E-state index contributed by atoms with van der Waals surface area (Å²) in [7, 11) is 3.71. The molecule has 1 aromatic heterocycles. The molecule has 1 unspecified atom stereocenters. The van der Waals surface area contributed by atoms with Gasteiger partial charge < -0.3 is 19.3 Å². The molecule has 5 nitrogen and oxygen atoms in total. The van der Waals surface area contributed by atoms with Crippen molar-refractivity contribution in [2.45, 2.75) is 20.0 Å². The largest absolute Gasteiger partial charge is 0.484 e. The number of likely N-dealkylation sites (N-methyl/N-ethyl adjacent to an activating group) is 1. The number of carboxylic acid groups (broad SMARTS) is 1. The van der Waals surface area contributed by atoms with Crippen LogP contribution < -0.4 is 9.64 Å². The molecule has 0 saturated carbocycles. The molecule has 0 radical (unpaired) electrons. The van der Waals surface area contributed by atoms with Gasteiger partial charge in [0, 0.05) is 20.2 Å². The van der Waals surface area contributed by atoms with Gasteiger partial charge in [0.25, 0.3) is 0 Å². The maximum atomic E-state index is 11.1. The van der Waals surface area contributed by atoms with Crippen molar-refractivity contribution in [1.29, 1.82) is 0 Å².